The third-order valence-electron chi connectivity index (χ3n) is 4.53. The highest BCUT2D eigenvalue weighted by Crippen LogP contribution is 2.22. The standard InChI is InChI=1S/C18H30ClN3O3S/c19-17-5-7-18(8-6-17)22(11-10-21-12-14-25-15-13-21)26(23,24)16-4-2-1-3-9-20/h5-8H,1-4,9-16,20H2. The largest absolute Gasteiger partial charge is 0.379 e. The first-order valence-corrected chi connectivity index (χ1v) is 11.3. The van der Waals surface area contributed by atoms with Crippen LogP contribution in [0.1, 0.15) is 25.7 Å². The molecule has 26 heavy (non-hydrogen) atoms. The molecule has 1 aromatic carbocycles. The maximum absolute atomic E-state index is 12.9. The van der Waals surface area contributed by atoms with E-state index in [1.165, 1.54) is 4.31 Å². The van der Waals surface area contributed by atoms with Crippen LogP contribution in [0.5, 0.6) is 0 Å². The van der Waals surface area contributed by atoms with Crippen LogP contribution in [0.15, 0.2) is 24.3 Å². The number of nitrogens with zero attached hydrogens (tertiary/aromatic N) is 2. The summed E-state index contributed by atoms with van der Waals surface area (Å²) < 4.78 is 32.8. The van der Waals surface area contributed by atoms with Crippen LogP contribution in [-0.4, -0.2) is 65.0 Å². The molecule has 6 nitrogen and oxygen atoms in total. The van der Waals surface area contributed by atoms with Crippen molar-refractivity contribution in [2.24, 2.45) is 5.73 Å². The van der Waals surface area contributed by atoms with Gasteiger partial charge in [-0.1, -0.05) is 24.4 Å². The van der Waals surface area contributed by atoms with Gasteiger partial charge in [-0.15, -0.1) is 0 Å². The summed E-state index contributed by atoms with van der Waals surface area (Å²) in [6.07, 6.45) is 3.46. The fourth-order valence-electron chi connectivity index (χ4n) is 2.99. The molecule has 1 fully saturated rings. The summed E-state index contributed by atoms with van der Waals surface area (Å²) in [6, 6.07) is 7.01. The number of unbranched alkanes of at least 4 members (excludes halogenated alkanes) is 3. The van der Waals surface area contributed by atoms with Crippen molar-refractivity contribution in [3.63, 3.8) is 0 Å². The van der Waals surface area contributed by atoms with Crippen molar-refractivity contribution < 1.29 is 13.2 Å². The minimum Gasteiger partial charge on any atom is -0.379 e. The number of morpholine rings is 1. The summed E-state index contributed by atoms with van der Waals surface area (Å²) in [5.41, 5.74) is 6.16. The van der Waals surface area contributed by atoms with Gasteiger partial charge in [0.2, 0.25) is 10.0 Å². The Balaban J connectivity index is 2.01. The zero-order valence-corrected chi connectivity index (χ0v) is 16.8. The molecule has 1 aliphatic rings. The number of rotatable bonds is 11. The van der Waals surface area contributed by atoms with Crippen LogP contribution < -0.4 is 10.0 Å². The van der Waals surface area contributed by atoms with Crippen LogP contribution in [0.3, 0.4) is 0 Å². The number of ether oxygens (including phenoxy) is 1. The molecule has 1 heterocycles. The molecular weight excluding hydrogens is 374 g/mol. The Labute approximate surface area is 162 Å². The zero-order chi connectivity index (χ0) is 18.8. The number of sulfonamides is 1. The highest BCUT2D eigenvalue weighted by Gasteiger charge is 2.23. The van der Waals surface area contributed by atoms with Crippen LogP contribution >= 0.6 is 11.6 Å². The molecule has 0 unspecified atom stereocenters. The van der Waals surface area contributed by atoms with Crippen LogP contribution in [-0.2, 0) is 14.8 Å². The van der Waals surface area contributed by atoms with Crippen molar-refractivity contribution in [2.75, 3.05) is 56.0 Å². The lowest BCUT2D eigenvalue weighted by Crippen LogP contribution is -2.43. The van der Waals surface area contributed by atoms with Crippen LogP contribution in [0, 0.1) is 0 Å². The summed E-state index contributed by atoms with van der Waals surface area (Å²) in [5.74, 6) is 0.156. The Morgan fingerprint density at radius 1 is 1.08 bits per heavy atom. The fraction of sp³-hybridized carbons (Fsp3) is 0.667. The predicted molar refractivity (Wildman–Crippen MR) is 107 cm³/mol. The number of hydrogen-bond donors (Lipinski definition) is 1. The van der Waals surface area contributed by atoms with Crippen molar-refractivity contribution in [1.82, 2.24) is 4.90 Å². The Kier molecular flexibility index (Phi) is 9.15. The number of benzene rings is 1. The Hall–Kier alpha value is -0.860. The average molecular weight is 404 g/mol. The van der Waals surface area contributed by atoms with E-state index in [1.807, 2.05) is 0 Å². The van der Waals surface area contributed by atoms with Crippen molar-refractivity contribution in [1.29, 1.82) is 0 Å². The van der Waals surface area contributed by atoms with Gasteiger partial charge in [-0.3, -0.25) is 9.21 Å². The van der Waals surface area contributed by atoms with E-state index in [-0.39, 0.29) is 5.75 Å². The lowest BCUT2D eigenvalue weighted by molar-refractivity contribution is 0.0395. The molecule has 0 aliphatic carbocycles. The molecule has 2 N–H and O–H groups in total. The molecule has 1 saturated heterocycles. The third kappa shape index (κ3) is 7.04. The van der Waals surface area contributed by atoms with E-state index in [4.69, 9.17) is 22.1 Å². The fourth-order valence-corrected chi connectivity index (χ4v) is 4.70. The van der Waals surface area contributed by atoms with E-state index in [1.54, 1.807) is 24.3 Å². The molecule has 1 aliphatic heterocycles. The topological polar surface area (TPSA) is 75.9 Å². The van der Waals surface area contributed by atoms with E-state index in [0.29, 0.717) is 50.0 Å². The monoisotopic (exact) mass is 403 g/mol. The van der Waals surface area contributed by atoms with Crippen molar-refractivity contribution in [3.8, 4) is 0 Å². The van der Waals surface area contributed by atoms with Crippen molar-refractivity contribution >= 4 is 27.3 Å². The van der Waals surface area contributed by atoms with Gasteiger partial charge >= 0.3 is 0 Å². The van der Waals surface area contributed by atoms with Gasteiger partial charge in [0, 0.05) is 31.2 Å². The maximum Gasteiger partial charge on any atom is 0.235 e. The van der Waals surface area contributed by atoms with Gasteiger partial charge in [0.1, 0.15) is 0 Å². The number of hydrogen-bond acceptors (Lipinski definition) is 5. The molecule has 8 heteroatoms. The molecule has 0 saturated carbocycles. The molecule has 2 rings (SSSR count). The van der Waals surface area contributed by atoms with Crippen LogP contribution in [0.25, 0.3) is 0 Å². The first kappa shape index (κ1) is 21.4. The second kappa shape index (κ2) is 11.1. The van der Waals surface area contributed by atoms with E-state index < -0.39 is 10.0 Å². The SMILES string of the molecule is NCCCCCCS(=O)(=O)N(CCN1CCOCC1)c1ccc(Cl)cc1. The van der Waals surface area contributed by atoms with Gasteiger partial charge in [0.05, 0.1) is 24.7 Å². The van der Waals surface area contributed by atoms with Gasteiger partial charge < -0.3 is 10.5 Å². The van der Waals surface area contributed by atoms with Gasteiger partial charge in [0.15, 0.2) is 0 Å². The maximum atomic E-state index is 12.9. The first-order chi connectivity index (χ1) is 12.5. The summed E-state index contributed by atoms with van der Waals surface area (Å²) in [4.78, 5) is 2.24. The van der Waals surface area contributed by atoms with Gasteiger partial charge in [-0.25, -0.2) is 8.42 Å². The summed E-state index contributed by atoms with van der Waals surface area (Å²) in [7, 11) is -3.38. The quantitative estimate of drug-likeness (QED) is 0.574. The summed E-state index contributed by atoms with van der Waals surface area (Å²) >= 11 is 5.96. The van der Waals surface area contributed by atoms with Gasteiger partial charge in [-0.05, 0) is 43.7 Å². The highest BCUT2D eigenvalue weighted by atomic mass is 35.5. The smallest absolute Gasteiger partial charge is 0.235 e. The molecule has 0 spiro atoms. The summed E-state index contributed by atoms with van der Waals surface area (Å²) in [5, 5.41) is 0.598. The van der Waals surface area contributed by atoms with Crippen molar-refractivity contribution in [3.05, 3.63) is 29.3 Å². The highest BCUT2D eigenvalue weighted by molar-refractivity contribution is 7.92. The molecule has 0 amide bonds. The van der Waals surface area contributed by atoms with Crippen molar-refractivity contribution in [2.45, 2.75) is 25.7 Å². The van der Waals surface area contributed by atoms with Crippen LogP contribution in [0.4, 0.5) is 5.69 Å². The zero-order valence-electron chi connectivity index (χ0n) is 15.3. The Morgan fingerprint density at radius 3 is 2.38 bits per heavy atom. The minimum atomic E-state index is -3.38. The molecule has 148 valence electrons. The third-order valence-corrected chi connectivity index (χ3v) is 6.65. The number of nitrogens with two attached hydrogens (primary N) is 1. The Morgan fingerprint density at radius 2 is 1.73 bits per heavy atom. The van der Waals surface area contributed by atoms with E-state index in [2.05, 4.69) is 4.90 Å². The Bertz CT molecular complexity index is 619. The van der Waals surface area contributed by atoms with Crippen LogP contribution in [0.2, 0.25) is 5.02 Å². The van der Waals surface area contributed by atoms with E-state index >= 15 is 0 Å². The first-order valence-electron chi connectivity index (χ1n) is 9.29. The molecule has 0 atom stereocenters. The lowest BCUT2D eigenvalue weighted by atomic mass is 10.2. The van der Waals surface area contributed by atoms with E-state index in [9.17, 15) is 8.42 Å². The molecular formula is C18H30ClN3O3S. The summed E-state index contributed by atoms with van der Waals surface area (Å²) in [6.45, 7) is 4.87. The minimum absolute atomic E-state index is 0.156. The normalized spacial score (nSPS) is 15.9. The van der Waals surface area contributed by atoms with Gasteiger partial charge in [-0.2, -0.15) is 0 Å². The lowest BCUT2D eigenvalue weighted by Gasteiger charge is -2.30. The number of halogens is 1. The second-order valence-electron chi connectivity index (χ2n) is 6.52. The number of anilines is 1. The average Bonchev–Trinajstić information content (AvgIpc) is 2.64. The molecule has 0 bridgehead atoms. The van der Waals surface area contributed by atoms with Gasteiger partial charge in [0.25, 0.3) is 0 Å². The molecule has 0 aromatic heterocycles. The second-order valence-corrected chi connectivity index (χ2v) is 8.97. The van der Waals surface area contributed by atoms with E-state index in [0.717, 1.165) is 32.4 Å². The molecule has 1 aromatic rings. The predicted octanol–water partition coefficient (Wildman–Crippen LogP) is 2.33. The molecule has 0 radical (unpaired) electrons.